The maximum atomic E-state index is 10.9. The van der Waals surface area contributed by atoms with Gasteiger partial charge in [-0.1, -0.05) is 19.3 Å². The van der Waals surface area contributed by atoms with E-state index in [0.29, 0.717) is 24.2 Å². The van der Waals surface area contributed by atoms with Crippen molar-refractivity contribution in [2.75, 3.05) is 6.61 Å². The van der Waals surface area contributed by atoms with Crippen molar-refractivity contribution < 1.29 is 4.74 Å². The van der Waals surface area contributed by atoms with Crippen molar-refractivity contribution in [3.8, 4) is 0 Å². The van der Waals surface area contributed by atoms with Crippen molar-refractivity contribution in [2.24, 2.45) is 26.8 Å². The van der Waals surface area contributed by atoms with Gasteiger partial charge in [0, 0.05) is 0 Å². The van der Waals surface area contributed by atoms with E-state index < -0.39 is 0 Å². The van der Waals surface area contributed by atoms with Gasteiger partial charge in [-0.3, -0.25) is 0 Å². The Morgan fingerprint density at radius 1 is 1.32 bits per heavy atom. The lowest BCUT2D eigenvalue weighted by Crippen LogP contribution is -2.14. The molecular formula is C13H20N4O2. The molecule has 1 heterocycles. The first kappa shape index (κ1) is 13.7. The Kier molecular flexibility index (Phi) is 4.65. The molecule has 0 unspecified atom stereocenters. The summed E-state index contributed by atoms with van der Waals surface area (Å²) in [5.41, 5.74) is 5.90. The summed E-state index contributed by atoms with van der Waals surface area (Å²) in [4.78, 5) is 19.1. The molecule has 0 aromatic rings. The Hall–Kier alpha value is -1.72. The minimum absolute atomic E-state index is 0.199. The van der Waals surface area contributed by atoms with Crippen LogP contribution in [0, 0.1) is 10.8 Å². The lowest BCUT2D eigenvalue weighted by atomic mass is 9.90. The molecule has 0 amide bonds. The number of hydrogen-bond donors (Lipinski definition) is 1. The third-order valence-electron chi connectivity index (χ3n) is 3.45. The highest BCUT2D eigenvalue weighted by atomic mass is 16.5. The van der Waals surface area contributed by atoms with Gasteiger partial charge in [-0.15, -0.1) is 4.91 Å². The molecule has 0 aromatic carbocycles. The van der Waals surface area contributed by atoms with Crippen LogP contribution in [0.2, 0.25) is 0 Å². The van der Waals surface area contributed by atoms with E-state index in [-0.39, 0.29) is 18.0 Å². The van der Waals surface area contributed by atoms with Gasteiger partial charge < -0.3 is 10.5 Å². The van der Waals surface area contributed by atoms with Crippen LogP contribution in [-0.2, 0) is 4.74 Å². The second-order valence-corrected chi connectivity index (χ2v) is 5.10. The van der Waals surface area contributed by atoms with Crippen LogP contribution in [0.15, 0.2) is 26.7 Å². The SMILES string of the molecule is CC1=NC(OCC2CCCCC2)=C(N=O)CC(N)=N1. The van der Waals surface area contributed by atoms with Crippen LogP contribution in [0.25, 0.3) is 0 Å². The van der Waals surface area contributed by atoms with Gasteiger partial charge in [0.25, 0.3) is 0 Å². The Bertz CT molecular complexity index is 434. The fourth-order valence-electron chi connectivity index (χ4n) is 2.47. The molecule has 6 heteroatoms. The maximum absolute atomic E-state index is 10.9. The van der Waals surface area contributed by atoms with E-state index in [0.717, 1.165) is 0 Å². The van der Waals surface area contributed by atoms with Crippen molar-refractivity contribution >= 4 is 11.7 Å². The summed E-state index contributed by atoms with van der Waals surface area (Å²) in [5, 5.41) is 2.97. The number of amidine groups is 2. The predicted octanol–water partition coefficient (Wildman–Crippen LogP) is 2.70. The van der Waals surface area contributed by atoms with Crippen molar-refractivity contribution in [1.82, 2.24) is 0 Å². The quantitative estimate of drug-likeness (QED) is 0.791. The zero-order chi connectivity index (χ0) is 13.7. The van der Waals surface area contributed by atoms with Crippen LogP contribution >= 0.6 is 0 Å². The molecule has 1 saturated carbocycles. The largest absolute Gasteiger partial charge is 0.476 e. The topological polar surface area (TPSA) is 89.4 Å². The monoisotopic (exact) mass is 264 g/mol. The standard InChI is InChI=1S/C13H20N4O2/c1-9-15-12(14)7-11(17-18)13(16-9)19-8-10-5-3-2-4-6-10/h10H,2-8H2,1H3,(H2,14,15,16). The van der Waals surface area contributed by atoms with Crippen molar-refractivity contribution in [1.29, 1.82) is 0 Å². The average molecular weight is 264 g/mol. The molecule has 0 atom stereocenters. The normalized spacial score (nSPS) is 21.5. The van der Waals surface area contributed by atoms with Gasteiger partial charge in [-0.05, 0) is 30.9 Å². The van der Waals surface area contributed by atoms with Crippen LogP contribution in [0.3, 0.4) is 0 Å². The van der Waals surface area contributed by atoms with Crippen LogP contribution in [0.5, 0.6) is 0 Å². The first-order chi connectivity index (χ1) is 9.19. The van der Waals surface area contributed by atoms with Crippen LogP contribution < -0.4 is 5.73 Å². The van der Waals surface area contributed by atoms with Gasteiger partial charge in [0.2, 0.25) is 5.88 Å². The van der Waals surface area contributed by atoms with Crippen molar-refractivity contribution in [3.63, 3.8) is 0 Å². The highest BCUT2D eigenvalue weighted by Gasteiger charge is 2.18. The van der Waals surface area contributed by atoms with Crippen molar-refractivity contribution in [2.45, 2.75) is 45.4 Å². The zero-order valence-electron chi connectivity index (χ0n) is 11.3. The molecule has 0 bridgehead atoms. The highest BCUT2D eigenvalue weighted by Crippen LogP contribution is 2.25. The molecule has 0 saturated heterocycles. The molecule has 104 valence electrons. The fourth-order valence-corrected chi connectivity index (χ4v) is 2.47. The minimum Gasteiger partial charge on any atom is -0.476 e. The van der Waals surface area contributed by atoms with Crippen LogP contribution in [0.4, 0.5) is 0 Å². The Balaban J connectivity index is 2.03. The van der Waals surface area contributed by atoms with E-state index in [4.69, 9.17) is 10.5 Å². The van der Waals surface area contributed by atoms with E-state index in [9.17, 15) is 4.91 Å². The van der Waals surface area contributed by atoms with E-state index in [1.807, 2.05) is 0 Å². The lowest BCUT2D eigenvalue weighted by molar-refractivity contribution is 0.138. The van der Waals surface area contributed by atoms with E-state index >= 15 is 0 Å². The van der Waals surface area contributed by atoms with E-state index in [1.54, 1.807) is 6.92 Å². The Morgan fingerprint density at radius 2 is 2.05 bits per heavy atom. The summed E-state index contributed by atoms with van der Waals surface area (Å²) in [6, 6.07) is 0. The Morgan fingerprint density at radius 3 is 2.74 bits per heavy atom. The predicted molar refractivity (Wildman–Crippen MR) is 74.7 cm³/mol. The zero-order valence-corrected chi connectivity index (χ0v) is 11.3. The Labute approximate surface area is 112 Å². The summed E-state index contributed by atoms with van der Waals surface area (Å²) in [7, 11) is 0. The molecule has 1 aliphatic carbocycles. The molecule has 19 heavy (non-hydrogen) atoms. The first-order valence-corrected chi connectivity index (χ1v) is 6.76. The maximum Gasteiger partial charge on any atom is 0.241 e. The highest BCUT2D eigenvalue weighted by molar-refractivity contribution is 5.97. The summed E-state index contributed by atoms with van der Waals surface area (Å²) in [6.45, 7) is 2.32. The molecule has 0 radical (unpaired) electrons. The van der Waals surface area contributed by atoms with Gasteiger partial charge >= 0.3 is 0 Å². The lowest BCUT2D eigenvalue weighted by Gasteiger charge is -2.21. The number of hydrogen-bond acceptors (Lipinski definition) is 6. The van der Waals surface area contributed by atoms with Crippen molar-refractivity contribution in [3.05, 3.63) is 16.5 Å². The molecule has 6 nitrogen and oxygen atoms in total. The van der Waals surface area contributed by atoms with Gasteiger partial charge in [0.05, 0.1) is 13.0 Å². The molecule has 0 spiro atoms. The van der Waals surface area contributed by atoms with Crippen LogP contribution in [-0.4, -0.2) is 18.3 Å². The number of rotatable bonds is 4. The van der Waals surface area contributed by atoms with Gasteiger partial charge in [0.1, 0.15) is 11.7 Å². The third kappa shape index (κ3) is 3.87. The summed E-state index contributed by atoms with van der Waals surface area (Å²) in [6.07, 6.45) is 6.37. The summed E-state index contributed by atoms with van der Waals surface area (Å²) < 4.78 is 5.69. The molecule has 2 aliphatic rings. The van der Waals surface area contributed by atoms with Crippen LogP contribution in [0.1, 0.15) is 45.4 Å². The molecule has 0 aromatic heterocycles. The molecule has 2 rings (SSSR count). The molecular weight excluding hydrogens is 244 g/mol. The second-order valence-electron chi connectivity index (χ2n) is 5.10. The van der Waals surface area contributed by atoms with Gasteiger partial charge in [-0.25, -0.2) is 4.99 Å². The smallest absolute Gasteiger partial charge is 0.241 e. The third-order valence-corrected chi connectivity index (χ3v) is 3.45. The van der Waals surface area contributed by atoms with E-state index in [1.165, 1.54) is 32.1 Å². The molecule has 1 aliphatic heterocycles. The van der Waals surface area contributed by atoms with Gasteiger partial charge in [-0.2, -0.15) is 4.99 Å². The van der Waals surface area contributed by atoms with E-state index in [2.05, 4.69) is 15.2 Å². The summed E-state index contributed by atoms with van der Waals surface area (Å²) in [5.74, 6) is 1.66. The number of aliphatic imine (C=N–C) groups is 2. The first-order valence-electron chi connectivity index (χ1n) is 6.76. The molecule has 1 fully saturated rings. The fraction of sp³-hybridized carbons (Fsp3) is 0.692. The number of ether oxygens (including phenoxy) is 1. The number of nitrogens with two attached hydrogens (primary N) is 1. The minimum atomic E-state index is 0.199. The van der Waals surface area contributed by atoms with Gasteiger partial charge in [0.15, 0.2) is 5.70 Å². The number of nitrogens with zero attached hydrogens (tertiary/aromatic N) is 3. The average Bonchev–Trinajstić information content (AvgIpc) is 2.55. The summed E-state index contributed by atoms with van der Waals surface area (Å²) >= 11 is 0. The second kappa shape index (κ2) is 6.45. The molecule has 2 N–H and O–H groups in total. The number of nitroso groups, excluding NO2 is 1.